The summed E-state index contributed by atoms with van der Waals surface area (Å²) in [5, 5.41) is 31.1. The van der Waals surface area contributed by atoms with Gasteiger partial charge in [0.05, 0.1) is 30.1 Å². The lowest BCUT2D eigenvalue weighted by Crippen LogP contribution is -2.29. The van der Waals surface area contributed by atoms with Crippen LogP contribution < -0.4 is 15.6 Å². The fraction of sp³-hybridized carbons (Fsp3) is 0.222. The molecule has 3 aromatic carbocycles. The number of amides is 1. The third-order valence-corrected chi connectivity index (χ3v) is 6.26. The third-order valence-electron chi connectivity index (χ3n) is 6.26. The number of aromatic nitrogens is 3. The molecule has 0 bridgehead atoms. The fourth-order valence-electron chi connectivity index (χ4n) is 4.12. The predicted molar refractivity (Wildman–Crippen MR) is 137 cm³/mol. The lowest BCUT2D eigenvalue weighted by molar-refractivity contribution is -0.146. The first-order chi connectivity index (χ1) is 19.0. The molecule has 2 atom stereocenters. The second kappa shape index (κ2) is 11.5. The Morgan fingerprint density at radius 3 is 2.42 bits per heavy atom. The zero-order valence-corrected chi connectivity index (χ0v) is 20.9. The maximum absolute atomic E-state index is 13.3. The molecule has 0 aliphatic rings. The molecule has 208 valence electrons. The van der Waals surface area contributed by atoms with Crippen molar-refractivity contribution in [2.24, 2.45) is 5.92 Å². The lowest BCUT2D eigenvalue weighted by Gasteiger charge is -2.20. The third kappa shape index (κ3) is 6.10. The molecule has 0 saturated heterocycles. The minimum Gasteiger partial charge on any atom is -0.496 e. The SMILES string of the molecule is COc1ccc(C(=O)Nc2ccc([C@@H](O)[C@H](CCn3nnc4ccccc4c3=O)C(=O)O)cc2)cc1C(F)(F)F. The molecule has 1 amide bonds. The largest absolute Gasteiger partial charge is 0.496 e. The lowest BCUT2D eigenvalue weighted by atomic mass is 9.92. The number of nitrogens with one attached hydrogen (secondary N) is 1. The van der Waals surface area contributed by atoms with Gasteiger partial charge in [-0.1, -0.05) is 29.5 Å². The van der Waals surface area contributed by atoms with Gasteiger partial charge >= 0.3 is 12.1 Å². The van der Waals surface area contributed by atoms with Crippen molar-refractivity contribution in [2.75, 3.05) is 12.4 Å². The molecule has 3 N–H and O–H groups in total. The van der Waals surface area contributed by atoms with E-state index in [1.165, 1.54) is 30.3 Å². The first-order valence-electron chi connectivity index (χ1n) is 11.9. The monoisotopic (exact) mass is 556 g/mol. The first kappa shape index (κ1) is 28.2. The normalized spacial score (nSPS) is 13.0. The zero-order valence-electron chi connectivity index (χ0n) is 20.9. The van der Waals surface area contributed by atoms with Gasteiger partial charge in [-0.3, -0.25) is 14.4 Å². The Hall–Kier alpha value is -4.78. The molecule has 0 saturated carbocycles. The maximum Gasteiger partial charge on any atom is 0.419 e. The summed E-state index contributed by atoms with van der Waals surface area (Å²) < 4.78 is 45.6. The summed E-state index contributed by atoms with van der Waals surface area (Å²) in [6, 6.07) is 15.0. The van der Waals surface area contributed by atoms with Gasteiger partial charge in [-0.2, -0.15) is 13.2 Å². The van der Waals surface area contributed by atoms with Gasteiger partial charge in [-0.25, -0.2) is 4.68 Å². The molecule has 0 spiro atoms. The Kier molecular flexibility index (Phi) is 8.14. The molecule has 0 fully saturated rings. The molecule has 0 radical (unpaired) electrons. The summed E-state index contributed by atoms with van der Waals surface area (Å²) in [5.74, 6) is -3.84. The minimum absolute atomic E-state index is 0.111. The summed E-state index contributed by atoms with van der Waals surface area (Å²) in [7, 11) is 1.09. The second-order valence-electron chi connectivity index (χ2n) is 8.80. The molecular weight excluding hydrogens is 533 g/mol. The number of aliphatic carboxylic acids is 1. The summed E-state index contributed by atoms with van der Waals surface area (Å²) in [6.07, 6.45) is -6.34. The van der Waals surface area contributed by atoms with Gasteiger partial charge in [0, 0.05) is 17.8 Å². The van der Waals surface area contributed by atoms with Crippen LogP contribution in [0.25, 0.3) is 10.9 Å². The van der Waals surface area contributed by atoms with Gasteiger partial charge in [-0.15, -0.1) is 5.10 Å². The van der Waals surface area contributed by atoms with E-state index in [0.717, 1.165) is 17.9 Å². The average Bonchev–Trinajstić information content (AvgIpc) is 2.93. The fourth-order valence-corrected chi connectivity index (χ4v) is 4.12. The van der Waals surface area contributed by atoms with Crippen LogP contribution in [0.5, 0.6) is 5.75 Å². The number of fused-ring (bicyclic) bond motifs is 1. The van der Waals surface area contributed by atoms with Crippen molar-refractivity contribution in [3.63, 3.8) is 0 Å². The number of benzene rings is 3. The summed E-state index contributed by atoms with van der Waals surface area (Å²) >= 11 is 0. The van der Waals surface area contributed by atoms with Gasteiger partial charge in [0.2, 0.25) is 0 Å². The highest BCUT2D eigenvalue weighted by atomic mass is 19.4. The maximum atomic E-state index is 13.3. The van der Waals surface area contributed by atoms with Gasteiger partial charge in [0.15, 0.2) is 0 Å². The van der Waals surface area contributed by atoms with E-state index >= 15 is 0 Å². The number of rotatable bonds is 9. The van der Waals surface area contributed by atoms with Crippen molar-refractivity contribution in [1.29, 1.82) is 0 Å². The Bertz CT molecular complexity index is 1600. The standard InChI is InChI=1S/C27H23F3N4O6/c1-40-22-11-8-16(14-20(22)27(28,29)30)24(36)31-17-9-6-15(7-10-17)23(35)19(26(38)39)12-13-34-25(37)18-4-2-3-5-21(18)32-33-34/h2-11,14,19,23,35H,12-13H2,1H3,(H,31,36)(H,38,39)/t19-,23+/m0/s1. The highest BCUT2D eigenvalue weighted by molar-refractivity contribution is 6.04. The number of aliphatic hydroxyl groups is 1. The Labute approximate surface area is 224 Å². The number of carbonyl (C=O) groups excluding carboxylic acids is 1. The van der Waals surface area contributed by atoms with E-state index in [1.54, 1.807) is 24.3 Å². The van der Waals surface area contributed by atoms with E-state index in [2.05, 4.69) is 15.6 Å². The van der Waals surface area contributed by atoms with Crippen molar-refractivity contribution in [1.82, 2.24) is 15.0 Å². The number of carboxylic acids is 1. The van der Waals surface area contributed by atoms with Crippen LogP contribution in [0.15, 0.2) is 71.5 Å². The van der Waals surface area contributed by atoms with Crippen molar-refractivity contribution in [3.05, 3.63) is 93.8 Å². The molecule has 4 rings (SSSR count). The number of carboxylic acid groups (broad SMARTS) is 1. The van der Waals surface area contributed by atoms with Gasteiger partial charge in [0.25, 0.3) is 11.5 Å². The molecule has 0 unspecified atom stereocenters. The van der Waals surface area contributed by atoms with Crippen molar-refractivity contribution >= 4 is 28.5 Å². The van der Waals surface area contributed by atoms with Gasteiger partial charge < -0.3 is 20.3 Å². The quantitative estimate of drug-likeness (QED) is 0.282. The molecule has 13 heteroatoms. The summed E-state index contributed by atoms with van der Waals surface area (Å²) in [6.45, 7) is -0.111. The first-order valence-corrected chi connectivity index (χ1v) is 11.9. The zero-order chi connectivity index (χ0) is 29.0. The van der Waals surface area contributed by atoms with Gasteiger partial charge in [-0.05, 0) is 54.4 Å². The number of hydrogen-bond acceptors (Lipinski definition) is 7. The topological polar surface area (TPSA) is 144 Å². The van der Waals surface area contributed by atoms with E-state index in [-0.39, 0.29) is 29.8 Å². The van der Waals surface area contributed by atoms with Crippen molar-refractivity contribution in [2.45, 2.75) is 25.2 Å². The Morgan fingerprint density at radius 2 is 1.77 bits per heavy atom. The number of anilines is 1. The van der Waals surface area contributed by atoms with E-state index in [1.807, 2.05) is 0 Å². The van der Waals surface area contributed by atoms with E-state index in [4.69, 9.17) is 4.74 Å². The number of ether oxygens (including phenoxy) is 1. The highest BCUT2D eigenvalue weighted by Crippen LogP contribution is 2.37. The predicted octanol–water partition coefficient (Wildman–Crippen LogP) is 3.90. The second-order valence-corrected chi connectivity index (χ2v) is 8.80. The van der Waals surface area contributed by atoms with Crippen molar-refractivity contribution in [3.8, 4) is 5.75 Å². The molecule has 40 heavy (non-hydrogen) atoms. The number of hydrogen-bond donors (Lipinski definition) is 3. The molecule has 4 aromatic rings. The van der Waals surface area contributed by atoms with Crippen LogP contribution in [0.3, 0.4) is 0 Å². The highest BCUT2D eigenvalue weighted by Gasteiger charge is 2.35. The molecule has 0 aliphatic carbocycles. The van der Waals surface area contributed by atoms with Crippen LogP contribution >= 0.6 is 0 Å². The van der Waals surface area contributed by atoms with E-state index in [0.29, 0.717) is 17.0 Å². The number of aryl methyl sites for hydroxylation is 1. The number of methoxy groups -OCH3 is 1. The van der Waals surface area contributed by atoms with Crippen LogP contribution in [0.2, 0.25) is 0 Å². The number of aliphatic hydroxyl groups excluding tert-OH is 1. The van der Waals surface area contributed by atoms with Crippen molar-refractivity contribution < 1.29 is 37.7 Å². The van der Waals surface area contributed by atoms with Crippen LogP contribution in [0.4, 0.5) is 18.9 Å². The van der Waals surface area contributed by atoms with Crippen LogP contribution in [0, 0.1) is 5.92 Å². The average molecular weight is 556 g/mol. The molecular formula is C27H23F3N4O6. The van der Waals surface area contributed by atoms with Crippen LogP contribution in [-0.2, 0) is 17.5 Å². The molecule has 10 nitrogen and oxygen atoms in total. The molecule has 1 aromatic heterocycles. The Morgan fingerprint density at radius 1 is 1.07 bits per heavy atom. The number of halogens is 3. The Balaban J connectivity index is 1.45. The molecule has 0 aliphatic heterocycles. The summed E-state index contributed by atoms with van der Waals surface area (Å²) in [5.41, 5.74) is -0.976. The summed E-state index contributed by atoms with van der Waals surface area (Å²) in [4.78, 5) is 37.1. The number of carbonyl (C=O) groups is 2. The van der Waals surface area contributed by atoms with E-state index in [9.17, 15) is 37.8 Å². The minimum atomic E-state index is -4.73. The smallest absolute Gasteiger partial charge is 0.419 e. The van der Waals surface area contributed by atoms with Gasteiger partial charge in [0.1, 0.15) is 11.3 Å². The number of alkyl halides is 3. The van der Waals surface area contributed by atoms with Crippen LogP contribution in [0.1, 0.15) is 34.0 Å². The van der Waals surface area contributed by atoms with Crippen LogP contribution in [-0.4, -0.2) is 44.2 Å². The van der Waals surface area contributed by atoms with E-state index < -0.39 is 46.9 Å². The molecule has 1 heterocycles. The number of nitrogens with zero attached hydrogens (tertiary/aromatic N) is 3.